The average Bonchev–Trinajstić information content (AvgIpc) is 2.44. The molecule has 0 radical (unpaired) electrons. The monoisotopic (exact) mass is 264 g/mol. The van der Waals surface area contributed by atoms with Crippen molar-refractivity contribution < 1.29 is 24.8 Å². The highest BCUT2D eigenvalue weighted by Crippen LogP contribution is 2.40. The Morgan fingerprint density at radius 2 is 1.53 bits per heavy atom. The van der Waals surface area contributed by atoms with E-state index in [1.165, 1.54) is 6.07 Å². The van der Waals surface area contributed by atoms with Gasteiger partial charge in [0.15, 0.2) is 11.5 Å². The van der Waals surface area contributed by atoms with Gasteiger partial charge in [0.05, 0.1) is 13.2 Å². The molecule has 5 nitrogen and oxygen atoms in total. The van der Waals surface area contributed by atoms with Crippen LogP contribution in [0.4, 0.5) is 0 Å². The van der Waals surface area contributed by atoms with Gasteiger partial charge < -0.3 is 24.8 Å². The molecule has 0 fully saturated rings. The number of phenolic OH excluding ortho intramolecular Hbond substituents is 1. The summed E-state index contributed by atoms with van der Waals surface area (Å²) in [4.78, 5) is 0. The third-order valence-corrected chi connectivity index (χ3v) is 2.62. The van der Waals surface area contributed by atoms with Crippen molar-refractivity contribution in [3.63, 3.8) is 0 Å². The van der Waals surface area contributed by atoms with Crippen LogP contribution in [0, 0.1) is 0 Å². The van der Waals surface area contributed by atoms with Crippen molar-refractivity contribution in [2.45, 2.75) is 0 Å². The van der Waals surface area contributed by atoms with E-state index in [1.807, 2.05) is 18.2 Å². The second-order valence-corrected chi connectivity index (χ2v) is 3.91. The van der Waals surface area contributed by atoms with Gasteiger partial charge in [0.1, 0.15) is 19.0 Å². The summed E-state index contributed by atoms with van der Waals surface area (Å²) >= 11 is 0. The summed E-state index contributed by atoms with van der Waals surface area (Å²) in [5.74, 6) is 0.750. The van der Waals surface area contributed by atoms with Crippen LogP contribution in [0.15, 0.2) is 30.3 Å². The number of hydrogen-bond acceptors (Lipinski definition) is 5. The van der Waals surface area contributed by atoms with Crippen LogP contribution in [-0.2, 0) is 0 Å². The van der Waals surface area contributed by atoms with E-state index < -0.39 is 0 Å². The Kier molecular flexibility index (Phi) is 4.43. The van der Waals surface area contributed by atoms with Crippen molar-refractivity contribution in [3.8, 4) is 17.2 Å². The fourth-order valence-electron chi connectivity index (χ4n) is 1.88. The summed E-state index contributed by atoms with van der Waals surface area (Å²) in [6.45, 7) is 0.0308. The zero-order valence-electron chi connectivity index (χ0n) is 10.4. The molecule has 0 saturated heterocycles. The first-order valence-electron chi connectivity index (χ1n) is 6.00. The second kappa shape index (κ2) is 6.26. The van der Waals surface area contributed by atoms with Gasteiger partial charge in [-0.15, -0.1) is 0 Å². The highest BCUT2D eigenvalue weighted by molar-refractivity contribution is 5.95. The Morgan fingerprint density at radius 3 is 2.21 bits per heavy atom. The lowest BCUT2D eigenvalue weighted by atomic mass is 10.1. The summed E-state index contributed by atoms with van der Waals surface area (Å²) in [7, 11) is 0. The lowest BCUT2D eigenvalue weighted by molar-refractivity contribution is 0.196. The van der Waals surface area contributed by atoms with Crippen molar-refractivity contribution in [2.24, 2.45) is 0 Å². The van der Waals surface area contributed by atoms with Crippen molar-refractivity contribution in [3.05, 3.63) is 30.3 Å². The second-order valence-electron chi connectivity index (χ2n) is 3.91. The third kappa shape index (κ3) is 2.89. The fraction of sp³-hybridized carbons (Fsp3) is 0.286. The van der Waals surface area contributed by atoms with E-state index in [-0.39, 0.29) is 32.2 Å². The number of aliphatic hydroxyl groups excluding tert-OH is 2. The minimum absolute atomic E-state index is 0.0555. The standard InChI is InChI=1S/C14H16O5/c15-5-7-18-13-9-12(17)14(19-8-6-16)11-4-2-1-3-10(11)13/h1-4,9,15-17H,5-8H2. The Labute approximate surface area is 110 Å². The molecule has 0 spiro atoms. The van der Waals surface area contributed by atoms with Gasteiger partial charge in [-0.3, -0.25) is 0 Å². The Bertz CT molecular complexity index is 553. The summed E-state index contributed by atoms with van der Waals surface area (Å²) in [6, 6.07) is 8.76. The number of fused-ring (bicyclic) bond motifs is 1. The van der Waals surface area contributed by atoms with E-state index in [4.69, 9.17) is 19.7 Å². The first-order valence-corrected chi connectivity index (χ1v) is 6.00. The molecule has 0 aliphatic heterocycles. The fourth-order valence-corrected chi connectivity index (χ4v) is 1.88. The van der Waals surface area contributed by atoms with E-state index >= 15 is 0 Å². The molecule has 0 aliphatic rings. The van der Waals surface area contributed by atoms with Gasteiger partial charge in [-0.1, -0.05) is 24.3 Å². The number of benzene rings is 2. The van der Waals surface area contributed by atoms with E-state index in [9.17, 15) is 5.11 Å². The molecule has 0 heterocycles. The Balaban J connectivity index is 2.49. The lowest BCUT2D eigenvalue weighted by Crippen LogP contribution is -2.04. The summed E-state index contributed by atoms with van der Waals surface area (Å²) in [6.07, 6.45) is 0. The smallest absolute Gasteiger partial charge is 0.169 e. The van der Waals surface area contributed by atoms with E-state index in [0.29, 0.717) is 16.9 Å². The molecule has 3 N–H and O–H groups in total. The van der Waals surface area contributed by atoms with Crippen molar-refractivity contribution in [1.82, 2.24) is 0 Å². The predicted molar refractivity (Wildman–Crippen MR) is 70.8 cm³/mol. The number of hydrogen-bond donors (Lipinski definition) is 3. The van der Waals surface area contributed by atoms with E-state index in [2.05, 4.69) is 0 Å². The van der Waals surface area contributed by atoms with E-state index in [0.717, 1.165) is 5.39 Å². The lowest BCUT2D eigenvalue weighted by Gasteiger charge is -2.14. The van der Waals surface area contributed by atoms with Gasteiger partial charge in [-0.2, -0.15) is 0 Å². The minimum Gasteiger partial charge on any atom is -0.504 e. The van der Waals surface area contributed by atoms with Gasteiger partial charge in [0, 0.05) is 16.8 Å². The van der Waals surface area contributed by atoms with Crippen LogP contribution < -0.4 is 9.47 Å². The highest BCUT2D eigenvalue weighted by Gasteiger charge is 2.13. The largest absolute Gasteiger partial charge is 0.504 e. The molecule has 2 aromatic carbocycles. The third-order valence-electron chi connectivity index (χ3n) is 2.62. The molecule has 0 unspecified atom stereocenters. The maximum absolute atomic E-state index is 9.97. The van der Waals surface area contributed by atoms with Crippen LogP contribution in [0.2, 0.25) is 0 Å². The zero-order valence-corrected chi connectivity index (χ0v) is 10.4. The van der Waals surface area contributed by atoms with Crippen molar-refractivity contribution in [1.29, 1.82) is 0 Å². The van der Waals surface area contributed by atoms with Gasteiger partial charge >= 0.3 is 0 Å². The number of ether oxygens (including phenoxy) is 2. The maximum Gasteiger partial charge on any atom is 0.169 e. The minimum atomic E-state index is -0.128. The molecule has 0 bridgehead atoms. The van der Waals surface area contributed by atoms with Gasteiger partial charge in [0.2, 0.25) is 0 Å². The summed E-state index contributed by atoms with van der Waals surface area (Å²) < 4.78 is 10.7. The van der Waals surface area contributed by atoms with Crippen molar-refractivity contribution >= 4 is 10.8 Å². The van der Waals surface area contributed by atoms with Crippen LogP contribution >= 0.6 is 0 Å². The molecule has 0 aliphatic carbocycles. The zero-order chi connectivity index (χ0) is 13.7. The van der Waals surface area contributed by atoms with Crippen LogP contribution in [-0.4, -0.2) is 41.7 Å². The van der Waals surface area contributed by atoms with E-state index in [1.54, 1.807) is 6.07 Å². The highest BCUT2D eigenvalue weighted by atomic mass is 16.5. The molecule has 2 aromatic rings. The first-order chi connectivity index (χ1) is 9.27. The number of aromatic hydroxyl groups is 1. The molecular weight excluding hydrogens is 248 g/mol. The summed E-state index contributed by atoms with van der Waals surface area (Å²) in [5, 5.41) is 29.0. The van der Waals surface area contributed by atoms with Crippen LogP contribution in [0.1, 0.15) is 0 Å². The number of aliphatic hydroxyl groups is 2. The van der Waals surface area contributed by atoms with Crippen LogP contribution in [0.25, 0.3) is 10.8 Å². The van der Waals surface area contributed by atoms with Crippen LogP contribution in [0.5, 0.6) is 17.2 Å². The van der Waals surface area contributed by atoms with Crippen LogP contribution in [0.3, 0.4) is 0 Å². The predicted octanol–water partition coefficient (Wildman–Crippen LogP) is 1.29. The molecule has 2 rings (SSSR count). The average molecular weight is 264 g/mol. The molecule has 0 aromatic heterocycles. The van der Waals surface area contributed by atoms with Crippen molar-refractivity contribution in [2.75, 3.05) is 26.4 Å². The molecule has 0 amide bonds. The molecule has 0 atom stereocenters. The molecular formula is C14H16O5. The van der Waals surface area contributed by atoms with Gasteiger partial charge in [-0.25, -0.2) is 0 Å². The van der Waals surface area contributed by atoms with Gasteiger partial charge in [-0.05, 0) is 0 Å². The Morgan fingerprint density at radius 1 is 0.895 bits per heavy atom. The SMILES string of the molecule is OCCOc1cc(O)c(OCCO)c2ccccc12. The number of rotatable bonds is 6. The quantitative estimate of drug-likeness (QED) is 0.732. The molecule has 19 heavy (non-hydrogen) atoms. The summed E-state index contributed by atoms with van der Waals surface area (Å²) in [5.41, 5.74) is 0. The Hall–Kier alpha value is -1.98. The normalized spacial score (nSPS) is 10.6. The van der Waals surface area contributed by atoms with Gasteiger partial charge in [0.25, 0.3) is 0 Å². The molecule has 5 heteroatoms. The maximum atomic E-state index is 9.97. The molecule has 0 saturated carbocycles. The first kappa shape index (κ1) is 13.5. The topological polar surface area (TPSA) is 79.2 Å². The molecule has 102 valence electrons. The number of phenols is 1.